The Hall–Kier alpha value is -3.24. The molecule has 2 heterocycles. The third-order valence-electron chi connectivity index (χ3n) is 13.4. The van der Waals surface area contributed by atoms with E-state index in [2.05, 4.69) is 0 Å². The molecule has 1 aromatic heterocycles. The van der Waals surface area contributed by atoms with Gasteiger partial charge >= 0.3 is 17.9 Å². The summed E-state index contributed by atoms with van der Waals surface area (Å²) in [6, 6.07) is 1.76. The highest BCUT2D eigenvalue weighted by atomic mass is 16.6. The van der Waals surface area contributed by atoms with E-state index in [4.69, 9.17) is 23.4 Å². The van der Waals surface area contributed by atoms with Crippen molar-refractivity contribution in [2.24, 2.45) is 39.4 Å². The summed E-state index contributed by atoms with van der Waals surface area (Å²) in [4.78, 5) is 53.7. The van der Waals surface area contributed by atoms with Crippen molar-refractivity contribution in [3.8, 4) is 0 Å². The normalized spacial score (nSPS) is 43.8. The first-order valence-corrected chi connectivity index (χ1v) is 17.3. The number of carbonyl (C=O) groups excluding carboxylic acids is 4. The Morgan fingerprint density at radius 3 is 2.38 bits per heavy atom. The standard InChI is InChI=1S/C38H50O10/c1-10-19(3)33(42)47-27-16-26(41)37(8)25-15-28(46-21(5)39)38(9)24(14-23(40)29(38)22-12-13-44-17-22)36(25,7)32(48-34(43)20(4)11-2)30-31(37)35(27,6)18-45-30/h10,12-14,17,20,25-32,41H,11,15-16,18H2,1-9H3/b19-10+/t20?,25-,26-,27+,28+,29+,30+,31-,32+,35+,36-,37-,38-/m0/s1. The number of aliphatic hydroxyl groups is 1. The van der Waals surface area contributed by atoms with Crippen molar-refractivity contribution in [1.82, 2.24) is 0 Å². The van der Waals surface area contributed by atoms with E-state index in [1.807, 2.05) is 41.5 Å². The number of fused-ring (bicyclic) bond motifs is 4. The molecule has 48 heavy (non-hydrogen) atoms. The Bertz CT molecular complexity index is 1560. The SMILES string of the molecule is C/C=C(\C)C(=O)O[C@@H]1C[C@H](O)[C@@]2(C)[C@H]3[C@@H](OC[C@]13C)[C@@H](OC(=O)C(C)CC)[C@@]1(C)C3=CC(=O)[C@@H](c4ccoc4)[C@]3(C)[C@H](OC(C)=O)C[C@@H]12. The molecule has 0 spiro atoms. The molecule has 6 rings (SSSR count). The average Bonchev–Trinajstić information content (AvgIpc) is 3.75. The van der Waals surface area contributed by atoms with Crippen LogP contribution in [0, 0.1) is 39.4 Å². The predicted molar refractivity (Wildman–Crippen MR) is 173 cm³/mol. The number of ether oxygens (including phenoxy) is 4. The Balaban J connectivity index is 1.56. The number of hydrogen-bond donors (Lipinski definition) is 1. The Kier molecular flexibility index (Phi) is 8.42. The Morgan fingerprint density at radius 2 is 1.77 bits per heavy atom. The van der Waals surface area contributed by atoms with Gasteiger partial charge in [-0.3, -0.25) is 14.4 Å². The fraction of sp³-hybridized carbons (Fsp3) is 0.684. The van der Waals surface area contributed by atoms with Gasteiger partial charge in [-0.2, -0.15) is 0 Å². The van der Waals surface area contributed by atoms with Gasteiger partial charge in [-0.1, -0.05) is 47.6 Å². The summed E-state index contributed by atoms with van der Waals surface area (Å²) in [5, 5.41) is 12.3. The molecule has 10 nitrogen and oxygen atoms in total. The summed E-state index contributed by atoms with van der Waals surface area (Å²) in [7, 11) is 0. The summed E-state index contributed by atoms with van der Waals surface area (Å²) in [6.45, 7) is 16.9. The van der Waals surface area contributed by atoms with Gasteiger partial charge in [-0.15, -0.1) is 0 Å². The molecule has 1 unspecified atom stereocenters. The maximum absolute atomic E-state index is 14.1. The minimum absolute atomic E-state index is 0.153. The van der Waals surface area contributed by atoms with Gasteiger partial charge in [0.2, 0.25) is 0 Å². The van der Waals surface area contributed by atoms with Gasteiger partial charge in [0.15, 0.2) is 5.78 Å². The van der Waals surface area contributed by atoms with Crippen LogP contribution in [-0.2, 0) is 38.1 Å². The van der Waals surface area contributed by atoms with Crippen molar-refractivity contribution in [1.29, 1.82) is 0 Å². The lowest BCUT2D eigenvalue weighted by Crippen LogP contribution is -2.74. The topological polar surface area (TPSA) is 139 Å². The van der Waals surface area contributed by atoms with Crippen LogP contribution in [0.5, 0.6) is 0 Å². The molecule has 0 aromatic carbocycles. The third kappa shape index (κ3) is 4.57. The van der Waals surface area contributed by atoms with Crippen LogP contribution < -0.4 is 0 Å². The van der Waals surface area contributed by atoms with Crippen molar-refractivity contribution in [3.63, 3.8) is 0 Å². The smallest absolute Gasteiger partial charge is 0.333 e. The molecular formula is C38H50O10. The molecular weight excluding hydrogens is 616 g/mol. The number of rotatable bonds is 7. The lowest BCUT2D eigenvalue weighted by Gasteiger charge is -2.69. The monoisotopic (exact) mass is 666 g/mol. The van der Waals surface area contributed by atoms with Crippen LogP contribution in [0.1, 0.15) is 93.1 Å². The molecule has 0 amide bonds. The number of esters is 3. The minimum atomic E-state index is -1.01. The molecule has 3 saturated carbocycles. The zero-order valence-electron chi connectivity index (χ0n) is 29.5. The maximum Gasteiger partial charge on any atom is 0.333 e. The first-order valence-electron chi connectivity index (χ1n) is 17.3. The van der Waals surface area contributed by atoms with E-state index in [0.29, 0.717) is 24.0 Å². The second-order valence-electron chi connectivity index (χ2n) is 15.8. The van der Waals surface area contributed by atoms with Gasteiger partial charge in [0.25, 0.3) is 0 Å². The first kappa shape index (κ1) is 34.6. The average molecular weight is 667 g/mol. The van der Waals surface area contributed by atoms with Crippen LogP contribution >= 0.6 is 0 Å². The highest BCUT2D eigenvalue weighted by Gasteiger charge is 2.79. The van der Waals surface area contributed by atoms with E-state index < -0.39 is 81.9 Å². The molecule has 262 valence electrons. The van der Waals surface area contributed by atoms with E-state index in [9.17, 15) is 24.3 Å². The minimum Gasteiger partial charge on any atom is -0.472 e. The van der Waals surface area contributed by atoms with Crippen LogP contribution in [0.3, 0.4) is 0 Å². The van der Waals surface area contributed by atoms with Crippen LogP contribution in [0.15, 0.2) is 46.3 Å². The number of aliphatic hydroxyl groups excluding tert-OH is 1. The molecule has 4 aliphatic carbocycles. The summed E-state index contributed by atoms with van der Waals surface area (Å²) >= 11 is 0. The van der Waals surface area contributed by atoms with Crippen LogP contribution in [0.25, 0.3) is 0 Å². The zero-order chi connectivity index (χ0) is 35.1. The molecule has 10 heteroatoms. The zero-order valence-corrected chi connectivity index (χ0v) is 29.5. The summed E-state index contributed by atoms with van der Waals surface area (Å²) < 4.78 is 31.0. The van der Waals surface area contributed by atoms with Gasteiger partial charge in [0.05, 0.1) is 43.2 Å². The van der Waals surface area contributed by atoms with Gasteiger partial charge in [0, 0.05) is 52.1 Å². The molecule has 1 saturated heterocycles. The molecule has 1 aromatic rings. The van der Waals surface area contributed by atoms with E-state index >= 15 is 0 Å². The Labute approximate surface area is 282 Å². The van der Waals surface area contributed by atoms with Crippen molar-refractivity contribution in [3.05, 3.63) is 47.5 Å². The number of allylic oxidation sites excluding steroid dienone is 2. The third-order valence-corrected chi connectivity index (χ3v) is 13.4. The summed E-state index contributed by atoms with van der Waals surface area (Å²) in [5.74, 6) is -3.37. The van der Waals surface area contributed by atoms with E-state index in [-0.39, 0.29) is 30.7 Å². The lowest BCUT2D eigenvalue weighted by atomic mass is 9.36. The lowest BCUT2D eigenvalue weighted by molar-refractivity contribution is -0.272. The highest BCUT2D eigenvalue weighted by Crippen LogP contribution is 2.75. The van der Waals surface area contributed by atoms with Crippen molar-refractivity contribution >= 4 is 23.7 Å². The van der Waals surface area contributed by atoms with Crippen molar-refractivity contribution in [2.45, 2.75) is 118 Å². The second kappa shape index (κ2) is 11.7. The van der Waals surface area contributed by atoms with Crippen molar-refractivity contribution in [2.75, 3.05) is 6.61 Å². The van der Waals surface area contributed by atoms with Gasteiger partial charge < -0.3 is 28.5 Å². The van der Waals surface area contributed by atoms with Gasteiger partial charge in [0.1, 0.15) is 18.3 Å². The number of carbonyl (C=O) groups is 4. The number of furan rings is 1. The fourth-order valence-corrected chi connectivity index (χ4v) is 10.7. The van der Waals surface area contributed by atoms with Crippen LogP contribution in [0.4, 0.5) is 0 Å². The first-order chi connectivity index (χ1) is 22.5. The molecule has 0 radical (unpaired) electrons. The fourth-order valence-electron chi connectivity index (χ4n) is 10.7. The molecule has 1 N–H and O–H groups in total. The maximum atomic E-state index is 14.1. The molecule has 4 fully saturated rings. The van der Waals surface area contributed by atoms with E-state index in [1.165, 1.54) is 13.2 Å². The van der Waals surface area contributed by atoms with Crippen LogP contribution in [-0.4, -0.2) is 65.9 Å². The molecule has 13 atom stereocenters. The van der Waals surface area contributed by atoms with Crippen molar-refractivity contribution < 1.29 is 47.6 Å². The van der Waals surface area contributed by atoms with Gasteiger partial charge in [-0.05, 0) is 50.3 Å². The predicted octanol–water partition coefficient (Wildman–Crippen LogP) is 5.48. The van der Waals surface area contributed by atoms with E-state index in [1.54, 1.807) is 38.3 Å². The van der Waals surface area contributed by atoms with Crippen LogP contribution in [0.2, 0.25) is 0 Å². The Morgan fingerprint density at radius 1 is 1.06 bits per heavy atom. The molecule has 5 aliphatic rings. The van der Waals surface area contributed by atoms with E-state index in [0.717, 1.165) is 5.57 Å². The van der Waals surface area contributed by atoms with Gasteiger partial charge in [-0.25, -0.2) is 4.79 Å². The largest absolute Gasteiger partial charge is 0.472 e. The summed E-state index contributed by atoms with van der Waals surface area (Å²) in [5.41, 5.74) is -1.76. The number of ketones is 1. The molecule has 0 bridgehead atoms. The molecule has 1 aliphatic heterocycles. The highest BCUT2D eigenvalue weighted by molar-refractivity contribution is 6.01. The summed E-state index contributed by atoms with van der Waals surface area (Å²) in [6.07, 6.45) is 3.61. The second-order valence-corrected chi connectivity index (χ2v) is 15.8. The quantitative estimate of drug-likeness (QED) is 0.226. The number of hydrogen-bond acceptors (Lipinski definition) is 10.